The molecule has 0 aliphatic heterocycles. The molecule has 0 radical (unpaired) electrons. The van der Waals surface area contributed by atoms with Gasteiger partial charge in [0, 0.05) is 25.4 Å². The highest BCUT2D eigenvalue weighted by atomic mass is 19.4. The first-order valence-corrected chi connectivity index (χ1v) is 11.4. The van der Waals surface area contributed by atoms with Crippen LogP contribution in [0.4, 0.5) is 23.4 Å². The van der Waals surface area contributed by atoms with E-state index < -0.39 is 40.7 Å². The van der Waals surface area contributed by atoms with E-state index in [0.29, 0.717) is 5.56 Å². The summed E-state index contributed by atoms with van der Waals surface area (Å²) in [5.74, 6) is -1.68. The first-order valence-electron chi connectivity index (χ1n) is 11.4. The third-order valence-corrected chi connectivity index (χ3v) is 6.05. The highest BCUT2D eigenvalue weighted by Gasteiger charge is 2.37. The number of amides is 1. The van der Waals surface area contributed by atoms with Gasteiger partial charge < -0.3 is 25.6 Å². The number of halogens is 4. The number of carbonyl (C=O) groups excluding carboxylic acids is 1. The molecule has 4 N–H and O–H groups in total. The molecular formula is C25H24F4N6O4. The monoisotopic (exact) mass is 548 g/mol. The van der Waals surface area contributed by atoms with E-state index in [4.69, 9.17) is 15.2 Å². The molecular weight excluding hydrogens is 524 g/mol. The maximum absolute atomic E-state index is 13.7. The average molecular weight is 548 g/mol. The van der Waals surface area contributed by atoms with Gasteiger partial charge in [-0.15, -0.1) is 0 Å². The molecule has 1 aromatic carbocycles. The van der Waals surface area contributed by atoms with Gasteiger partial charge in [-0.3, -0.25) is 4.79 Å². The molecule has 10 nitrogen and oxygen atoms in total. The predicted molar refractivity (Wildman–Crippen MR) is 131 cm³/mol. The average Bonchev–Trinajstić information content (AvgIpc) is 3.30. The number of hydrogen-bond acceptors (Lipinski definition) is 8. The minimum Gasteiger partial charge on any atom is -0.480 e. The van der Waals surface area contributed by atoms with Gasteiger partial charge in [-0.2, -0.15) is 18.3 Å². The van der Waals surface area contributed by atoms with E-state index in [1.807, 2.05) is 0 Å². The molecule has 1 unspecified atom stereocenters. The number of hydrogen-bond donors (Lipinski definition) is 3. The quantitative estimate of drug-likeness (QED) is 0.285. The number of aliphatic hydroxyl groups is 1. The third kappa shape index (κ3) is 5.47. The summed E-state index contributed by atoms with van der Waals surface area (Å²) in [5.41, 5.74) is 2.99. The van der Waals surface area contributed by atoms with E-state index in [1.54, 1.807) is 0 Å². The van der Waals surface area contributed by atoms with Crippen molar-refractivity contribution in [3.8, 4) is 17.1 Å². The molecule has 39 heavy (non-hydrogen) atoms. The number of methoxy groups -OCH3 is 2. The van der Waals surface area contributed by atoms with Gasteiger partial charge >= 0.3 is 6.18 Å². The number of pyridine rings is 1. The minimum absolute atomic E-state index is 0.0432. The highest BCUT2D eigenvalue weighted by molar-refractivity contribution is 5.97. The lowest BCUT2D eigenvalue weighted by atomic mass is 9.92. The third-order valence-electron chi connectivity index (χ3n) is 6.05. The highest BCUT2D eigenvalue weighted by Crippen LogP contribution is 2.39. The van der Waals surface area contributed by atoms with Crippen molar-refractivity contribution >= 4 is 17.2 Å². The normalized spacial score (nSPS) is 14.2. The van der Waals surface area contributed by atoms with E-state index >= 15 is 0 Å². The molecule has 0 saturated heterocycles. The van der Waals surface area contributed by atoms with Crippen LogP contribution >= 0.6 is 0 Å². The molecule has 0 bridgehead atoms. The van der Waals surface area contributed by atoms with Gasteiger partial charge in [-0.1, -0.05) is 12.1 Å². The van der Waals surface area contributed by atoms with E-state index in [9.17, 15) is 27.5 Å². The van der Waals surface area contributed by atoms with Crippen molar-refractivity contribution in [1.82, 2.24) is 24.9 Å². The molecule has 206 valence electrons. The number of rotatable bonds is 8. The van der Waals surface area contributed by atoms with Crippen LogP contribution in [-0.4, -0.2) is 57.0 Å². The van der Waals surface area contributed by atoms with Gasteiger partial charge in [0.05, 0.1) is 18.4 Å². The molecule has 14 heteroatoms. The lowest BCUT2D eigenvalue weighted by Gasteiger charge is -2.32. The van der Waals surface area contributed by atoms with Gasteiger partial charge in [0.25, 0.3) is 5.91 Å². The Morgan fingerprint density at radius 2 is 1.87 bits per heavy atom. The number of benzene rings is 1. The second-order valence-electron chi connectivity index (χ2n) is 8.83. The van der Waals surface area contributed by atoms with Crippen LogP contribution in [0.3, 0.4) is 0 Å². The summed E-state index contributed by atoms with van der Waals surface area (Å²) in [6.07, 6.45) is -3.45. The summed E-state index contributed by atoms with van der Waals surface area (Å²) in [4.78, 5) is 20.9. The summed E-state index contributed by atoms with van der Waals surface area (Å²) in [6.45, 7) is 1.11. The second-order valence-corrected chi connectivity index (χ2v) is 8.83. The zero-order valence-electron chi connectivity index (χ0n) is 21.0. The number of carbonyl (C=O) groups is 1. The van der Waals surface area contributed by atoms with Gasteiger partial charge in [-0.25, -0.2) is 18.9 Å². The Hall–Kier alpha value is -4.30. The molecule has 1 amide bonds. The molecule has 4 aromatic rings. The van der Waals surface area contributed by atoms with Crippen LogP contribution in [0.15, 0.2) is 48.9 Å². The van der Waals surface area contributed by atoms with Gasteiger partial charge in [0.15, 0.2) is 5.82 Å². The fourth-order valence-electron chi connectivity index (χ4n) is 4.24. The Morgan fingerprint density at radius 1 is 1.18 bits per heavy atom. The van der Waals surface area contributed by atoms with Crippen LogP contribution in [0.25, 0.3) is 16.8 Å². The van der Waals surface area contributed by atoms with E-state index in [2.05, 4.69) is 20.4 Å². The van der Waals surface area contributed by atoms with Gasteiger partial charge in [0.2, 0.25) is 5.88 Å². The number of aromatic nitrogens is 4. The molecule has 0 aliphatic rings. The van der Waals surface area contributed by atoms with Crippen molar-refractivity contribution in [2.45, 2.75) is 24.8 Å². The number of nitrogens with one attached hydrogen (secondary N) is 1. The van der Waals surface area contributed by atoms with Crippen molar-refractivity contribution in [3.63, 3.8) is 0 Å². The number of anilines is 1. The van der Waals surface area contributed by atoms with Crippen LogP contribution in [0.2, 0.25) is 0 Å². The number of nitrogens with zero attached hydrogens (tertiary/aromatic N) is 4. The first-order chi connectivity index (χ1) is 18.4. The topological polar surface area (TPSA) is 137 Å². The van der Waals surface area contributed by atoms with Crippen LogP contribution in [0, 0.1) is 5.82 Å². The minimum atomic E-state index is -4.75. The molecule has 0 saturated carbocycles. The molecule has 0 aliphatic carbocycles. The number of fused-ring (bicyclic) bond motifs is 1. The number of ether oxygens (including phenoxy) is 2. The maximum Gasteiger partial charge on any atom is 0.418 e. The number of nitrogens with two attached hydrogens (primary N) is 1. The lowest BCUT2D eigenvalue weighted by molar-refractivity contribution is -0.136. The Morgan fingerprint density at radius 3 is 2.49 bits per heavy atom. The molecule has 4 rings (SSSR count). The van der Waals surface area contributed by atoms with Crippen molar-refractivity contribution in [2.75, 3.05) is 26.5 Å². The SMILES string of the molecule is COc1ncc(-c2cc(C(F)(F)F)c3c(N)ncnn23)cc1C(=O)NCC(C)(O)[C@@H](OC)c1ccc(F)cc1. The maximum atomic E-state index is 13.7. The summed E-state index contributed by atoms with van der Waals surface area (Å²) < 4.78 is 66.1. The standard InChI is InChI=1S/C25H24F4N6O4/c1-24(37,20(38-2)13-4-6-15(26)7-5-13)11-32-22(36)16-8-14(10-31-23(16)39-3)18-9-17(25(27,28)29)19-21(30)33-12-34-35(18)19/h4-10,12,20,37H,11H2,1-3H3,(H,32,36)(H2,30,33,34)/t20-,24?/m0/s1. The Kier molecular flexibility index (Phi) is 7.44. The zero-order chi connectivity index (χ0) is 28.5. The van der Waals surface area contributed by atoms with E-state index in [0.717, 1.165) is 16.9 Å². The van der Waals surface area contributed by atoms with E-state index in [-0.39, 0.29) is 35.1 Å². The Labute approximate surface area is 219 Å². The van der Waals surface area contributed by atoms with Crippen molar-refractivity contribution < 1.29 is 36.9 Å². The Bertz CT molecular complexity index is 1510. The van der Waals surface area contributed by atoms with Gasteiger partial charge in [-0.05, 0) is 36.8 Å². The van der Waals surface area contributed by atoms with Gasteiger partial charge in [0.1, 0.15) is 34.9 Å². The van der Waals surface area contributed by atoms with Crippen LogP contribution in [-0.2, 0) is 10.9 Å². The summed E-state index contributed by atoms with van der Waals surface area (Å²) >= 11 is 0. The summed E-state index contributed by atoms with van der Waals surface area (Å²) in [5, 5.41) is 17.5. The largest absolute Gasteiger partial charge is 0.480 e. The van der Waals surface area contributed by atoms with Crippen LogP contribution in [0.5, 0.6) is 5.88 Å². The zero-order valence-corrected chi connectivity index (χ0v) is 21.0. The molecule has 3 aromatic heterocycles. The summed E-state index contributed by atoms with van der Waals surface area (Å²) in [7, 11) is 2.63. The Balaban J connectivity index is 1.67. The molecule has 0 spiro atoms. The van der Waals surface area contributed by atoms with Crippen LogP contribution in [0.1, 0.15) is 34.5 Å². The fraction of sp³-hybridized carbons (Fsp3) is 0.280. The van der Waals surface area contributed by atoms with Crippen molar-refractivity contribution in [2.24, 2.45) is 0 Å². The second kappa shape index (κ2) is 10.5. The fourth-order valence-corrected chi connectivity index (χ4v) is 4.24. The predicted octanol–water partition coefficient (Wildman–Crippen LogP) is 3.41. The number of alkyl halides is 3. The van der Waals surface area contributed by atoms with Crippen LogP contribution < -0.4 is 15.8 Å². The molecule has 2 atom stereocenters. The van der Waals surface area contributed by atoms with E-state index in [1.165, 1.54) is 57.7 Å². The lowest BCUT2D eigenvalue weighted by Crippen LogP contribution is -2.45. The smallest absolute Gasteiger partial charge is 0.418 e. The molecule has 3 heterocycles. The molecule has 0 fully saturated rings. The first kappa shape index (κ1) is 27.7. The van der Waals surface area contributed by atoms with Crippen molar-refractivity contribution in [3.05, 3.63) is 71.4 Å². The van der Waals surface area contributed by atoms with Crippen molar-refractivity contribution in [1.29, 1.82) is 0 Å². The number of nitrogen functional groups attached to an aromatic ring is 1. The summed E-state index contributed by atoms with van der Waals surface area (Å²) in [6, 6.07) is 7.44.